The van der Waals surface area contributed by atoms with E-state index in [0.29, 0.717) is 13.2 Å². The van der Waals surface area contributed by atoms with Gasteiger partial charge in [0.2, 0.25) is 0 Å². The Morgan fingerprint density at radius 1 is 1.33 bits per heavy atom. The summed E-state index contributed by atoms with van der Waals surface area (Å²) >= 11 is 0. The summed E-state index contributed by atoms with van der Waals surface area (Å²) in [7, 11) is 0. The molecular weight excluding hydrogens is 234 g/mol. The Hall–Kier alpha value is -1.46. The quantitative estimate of drug-likeness (QED) is 0.729. The third-order valence-corrected chi connectivity index (χ3v) is 3.39. The second-order valence-corrected chi connectivity index (χ2v) is 4.60. The zero-order chi connectivity index (χ0) is 12.5. The van der Waals surface area contributed by atoms with Gasteiger partial charge >= 0.3 is 5.97 Å². The minimum absolute atomic E-state index is 0.0655. The molecule has 2 fully saturated rings. The Labute approximate surface area is 105 Å². The monoisotopic (exact) mass is 249 g/mol. The van der Waals surface area contributed by atoms with Crippen LogP contribution in [-0.2, 0) is 19.0 Å². The van der Waals surface area contributed by atoms with Gasteiger partial charge in [0.25, 0.3) is 0 Å². The van der Waals surface area contributed by atoms with Crippen molar-refractivity contribution in [2.75, 3.05) is 13.2 Å². The third kappa shape index (κ3) is 2.00. The van der Waals surface area contributed by atoms with Gasteiger partial charge in [-0.05, 0) is 12.1 Å². The lowest BCUT2D eigenvalue weighted by atomic mass is 9.97. The molecule has 2 aliphatic heterocycles. The molecule has 5 nitrogen and oxygen atoms in total. The fourth-order valence-corrected chi connectivity index (χ4v) is 2.63. The molecule has 0 aliphatic carbocycles. The molecule has 2 aliphatic rings. The molecule has 0 bridgehead atoms. The second-order valence-electron chi connectivity index (χ2n) is 4.60. The molecule has 3 rings (SSSR count). The summed E-state index contributed by atoms with van der Waals surface area (Å²) in [6.45, 7) is 2.36. The Morgan fingerprint density at radius 2 is 2.17 bits per heavy atom. The molecule has 1 aromatic heterocycles. The van der Waals surface area contributed by atoms with E-state index in [1.165, 1.54) is 6.92 Å². The average Bonchev–Trinajstić information content (AvgIpc) is 2.93. The summed E-state index contributed by atoms with van der Waals surface area (Å²) in [5, 5.41) is 0. The molecule has 4 atom stereocenters. The van der Waals surface area contributed by atoms with Gasteiger partial charge in [0.1, 0.15) is 6.10 Å². The highest BCUT2D eigenvalue weighted by molar-refractivity contribution is 5.66. The van der Waals surface area contributed by atoms with Crippen molar-refractivity contribution in [3.05, 3.63) is 30.1 Å². The van der Waals surface area contributed by atoms with Crippen LogP contribution < -0.4 is 0 Å². The van der Waals surface area contributed by atoms with Crippen LogP contribution >= 0.6 is 0 Å². The molecule has 18 heavy (non-hydrogen) atoms. The zero-order valence-electron chi connectivity index (χ0n) is 10.1. The minimum Gasteiger partial charge on any atom is -0.457 e. The van der Waals surface area contributed by atoms with Crippen LogP contribution in [0.4, 0.5) is 0 Å². The molecule has 5 heteroatoms. The maximum Gasteiger partial charge on any atom is 0.303 e. The van der Waals surface area contributed by atoms with Crippen LogP contribution in [0.1, 0.15) is 18.5 Å². The first-order valence-corrected chi connectivity index (χ1v) is 6.07. The van der Waals surface area contributed by atoms with Gasteiger partial charge in [-0.1, -0.05) is 6.07 Å². The van der Waals surface area contributed by atoms with Gasteiger partial charge in [0.15, 0.2) is 6.10 Å². The van der Waals surface area contributed by atoms with Crippen LogP contribution in [-0.4, -0.2) is 42.5 Å². The highest BCUT2D eigenvalue weighted by Gasteiger charge is 2.50. The molecule has 0 radical (unpaired) electrons. The molecular formula is C13H15NO4. The summed E-state index contributed by atoms with van der Waals surface area (Å²) < 4.78 is 16.6. The Kier molecular flexibility index (Phi) is 3.01. The van der Waals surface area contributed by atoms with Crippen molar-refractivity contribution in [1.29, 1.82) is 0 Å². The van der Waals surface area contributed by atoms with Crippen molar-refractivity contribution in [2.45, 2.75) is 31.2 Å². The van der Waals surface area contributed by atoms with Gasteiger partial charge in [-0.3, -0.25) is 9.78 Å². The fourth-order valence-electron chi connectivity index (χ4n) is 2.63. The minimum atomic E-state index is -0.297. The number of pyridine rings is 1. The van der Waals surface area contributed by atoms with E-state index in [0.717, 1.165) is 5.69 Å². The van der Waals surface area contributed by atoms with E-state index in [9.17, 15) is 4.79 Å². The maximum atomic E-state index is 11.0. The molecule has 96 valence electrons. The van der Waals surface area contributed by atoms with E-state index in [-0.39, 0.29) is 30.2 Å². The largest absolute Gasteiger partial charge is 0.457 e. The maximum absolute atomic E-state index is 11.0. The van der Waals surface area contributed by atoms with Crippen LogP contribution in [0.2, 0.25) is 0 Å². The van der Waals surface area contributed by atoms with Gasteiger partial charge in [-0.15, -0.1) is 0 Å². The normalized spacial score (nSPS) is 34.3. The SMILES string of the molecule is CC(=O)O[C@H]1CO[C@H]2[C@@H]1OC[C@@H]2c1ccccn1. The van der Waals surface area contributed by atoms with E-state index in [1.807, 2.05) is 18.2 Å². The van der Waals surface area contributed by atoms with E-state index in [2.05, 4.69) is 4.98 Å². The van der Waals surface area contributed by atoms with Crippen molar-refractivity contribution >= 4 is 5.97 Å². The van der Waals surface area contributed by atoms with Gasteiger partial charge in [-0.25, -0.2) is 0 Å². The summed E-state index contributed by atoms with van der Waals surface area (Å²) in [5.41, 5.74) is 0.966. The van der Waals surface area contributed by atoms with E-state index in [1.54, 1.807) is 6.20 Å². The van der Waals surface area contributed by atoms with Gasteiger partial charge in [-0.2, -0.15) is 0 Å². The number of rotatable bonds is 2. The summed E-state index contributed by atoms with van der Waals surface area (Å²) in [4.78, 5) is 15.3. The molecule has 1 aromatic rings. The second kappa shape index (κ2) is 4.66. The van der Waals surface area contributed by atoms with Gasteiger partial charge < -0.3 is 14.2 Å². The van der Waals surface area contributed by atoms with E-state index >= 15 is 0 Å². The number of fused-ring (bicyclic) bond motifs is 1. The van der Waals surface area contributed by atoms with Crippen LogP contribution in [0.15, 0.2) is 24.4 Å². The number of carbonyl (C=O) groups is 1. The molecule has 0 N–H and O–H groups in total. The molecule has 0 amide bonds. The average molecular weight is 249 g/mol. The Bertz CT molecular complexity index is 436. The number of ether oxygens (including phenoxy) is 3. The predicted molar refractivity (Wildman–Crippen MR) is 62.0 cm³/mol. The molecule has 0 saturated carbocycles. The summed E-state index contributed by atoms with van der Waals surface area (Å²) in [6, 6.07) is 5.81. The highest BCUT2D eigenvalue weighted by Crippen LogP contribution is 2.37. The van der Waals surface area contributed by atoms with Crippen LogP contribution in [0.5, 0.6) is 0 Å². The molecule has 0 spiro atoms. The molecule has 0 aromatic carbocycles. The van der Waals surface area contributed by atoms with Crippen LogP contribution in [0, 0.1) is 0 Å². The standard InChI is InChI=1S/C13H15NO4/c1-8(15)18-11-7-17-12-9(6-16-13(11)12)10-4-2-3-5-14-10/h2-5,9,11-13H,6-7H2,1H3/t9-,11+,12-,13-/m1/s1. The number of hydrogen-bond acceptors (Lipinski definition) is 5. The van der Waals surface area contributed by atoms with E-state index in [4.69, 9.17) is 14.2 Å². The number of aromatic nitrogens is 1. The topological polar surface area (TPSA) is 57.7 Å². The van der Waals surface area contributed by atoms with Crippen LogP contribution in [0.25, 0.3) is 0 Å². The first-order chi connectivity index (χ1) is 8.75. The number of hydrogen-bond donors (Lipinski definition) is 0. The van der Waals surface area contributed by atoms with Crippen molar-refractivity contribution in [3.63, 3.8) is 0 Å². The van der Waals surface area contributed by atoms with Crippen molar-refractivity contribution < 1.29 is 19.0 Å². The van der Waals surface area contributed by atoms with Gasteiger partial charge in [0, 0.05) is 18.8 Å². The van der Waals surface area contributed by atoms with Gasteiger partial charge in [0.05, 0.1) is 25.2 Å². The Morgan fingerprint density at radius 3 is 2.89 bits per heavy atom. The van der Waals surface area contributed by atoms with Crippen LogP contribution in [0.3, 0.4) is 0 Å². The lowest BCUT2D eigenvalue weighted by Crippen LogP contribution is -2.32. The highest BCUT2D eigenvalue weighted by atomic mass is 16.6. The number of carbonyl (C=O) groups excluding carboxylic acids is 1. The lowest BCUT2D eigenvalue weighted by Gasteiger charge is -2.16. The zero-order valence-corrected chi connectivity index (χ0v) is 10.1. The third-order valence-electron chi connectivity index (χ3n) is 3.39. The first-order valence-electron chi connectivity index (χ1n) is 6.07. The smallest absolute Gasteiger partial charge is 0.303 e. The molecule has 0 unspecified atom stereocenters. The fraction of sp³-hybridized carbons (Fsp3) is 0.538. The lowest BCUT2D eigenvalue weighted by molar-refractivity contribution is -0.150. The first kappa shape index (κ1) is 11.6. The molecule has 3 heterocycles. The Balaban J connectivity index is 1.74. The summed E-state index contributed by atoms with van der Waals surface area (Å²) in [6.07, 6.45) is 1.24. The van der Waals surface area contributed by atoms with Crippen molar-refractivity contribution in [2.24, 2.45) is 0 Å². The number of nitrogens with zero attached hydrogens (tertiary/aromatic N) is 1. The van der Waals surface area contributed by atoms with Crippen molar-refractivity contribution in [3.8, 4) is 0 Å². The predicted octanol–water partition coefficient (Wildman–Crippen LogP) is 0.894. The summed E-state index contributed by atoms with van der Waals surface area (Å²) in [5.74, 6) is -0.175. The number of esters is 1. The van der Waals surface area contributed by atoms with Crippen molar-refractivity contribution in [1.82, 2.24) is 4.98 Å². The van der Waals surface area contributed by atoms with E-state index < -0.39 is 0 Å². The molecule has 2 saturated heterocycles.